The van der Waals surface area contributed by atoms with Gasteiger partial charge in [0.2, 0.25) is 0 Å². The maximum atomic E-state index is 6.44. The van der Waals surface area contributed by atoms with Gasteiger partial charge in [-0.3, -0.25) is 4.68 Å². The van der Waals surface area contributed by atoms with E-state index >= 15 is 0 Å². The highest BCUT2D eigenvalue weighted by atomic mass is 35.5. The van der Waals surface area contributed by atoms with Crippen LogP contribution in [0.1, 0.15) is 36.9 Å². The normalized spacial score (nSPS) is 33.3. The molecule has 106 valence electrons. The van der Waals surface area contributed by atoms with Crippen LogP contribution in [0.3, 0.4) is 0 Å². The molecule has 1 N–H and O–H groups in total. The summed E-state index contributed by atoms with van der Waals surface area (Å²) < 4.78 is 1.81. The molecule has 3 atom stereocenters. The summed E-state index contributed by atoms with van der Waals surface area (Å²) in [4.78, 5) is 0. The highest BCUT2D eigenvalue weighted by Gasteiger charge is 2.50. The van der Waals surface area contributed by atoms with Gasteiger partial charge in [-0.1, -0.05) is 18.0 Å². The number of nitrogens with zero attached hydrogens (tertiary/aromatic N) is 2. The third-order valence-corrected chi connectivity index (χ3v) is 5.90. The molecule has 3 unspecified atom stereocenters. The van der Waals surface area contributed by atoms with Crippen molar-refractivity contribution < 1.29 is 0 Å². The molecule has 0 amide bonds. The summed E-state index contributed by atoms with van der Waals surface area (Å²) in [5.74, 6) is 1.83. The highest BCUT2D eigenvalue weighted by molar-refractivity contribution is 6.30. The lowest BCUT2D eigenvalue weighted by Gasteiger charge is -2.38. The van der Waals surface area contributed by atoms with Gasteiger partial charge in [-0.05, 0) is 56.9 Å². The van der Waals surface area contributed by atoms with Gasteiger partial charge >= 0.3 is 0 Å². The van der Waals surface area contributed by atoms with Crippen LogP contribution in [0, 0.1) is 24.2 Å². The Morgan fingerprint density at radius 3 is 2.74 bits per heavy atom. The van der Waals surface area contributed by atoms with Crippen molar-refractivity contribution in [3.63, 3.8) is 0 Å². The van der Waals surface area contributed by atoms with Crippen LogP contribution in [-0.2, 0) is 13.5 Å². The van der Waals surface area contributed by atoms with Crippen LogP contribution >= 0.6 is 11.6 Å². The zero-order chi connectivity index (χ0) is 13.6. The Morgan fingerprint density at radius 1 is 1.47 bits per heavy atom. The molecule has 1 aromatic heterocycles. The molecule has 4 heteroatoms. The monoisotopic (exact) mass is 281 g/mol. The second-order valence-corrected chi connectivity index (χ2v) is 6.99. The summed E-state index contributed by atoms with van der Waals surface area (Å²) in [6, 6.07) is 0. The van der Waals surface area contributed by atoms with Crippen molar-refractivity contribution >= 4 is 11.6 Å². The summed E-state index contributed by atoms with van der Waals surface area (Å²) in [6.45, 7) is 3.19. The zero-order valence-corrected chi connectivity index (χ0v) is 12.9. The first-order chi connectivity index (χ1) is 9.05. The number of rotatable bonds is 4. The van der Waals surface area contributed by atoms with E-state index in [1.807, 2.05) is 11.7 Å². The second kappa shape index (κ2) is 4.78. The summed E-state index contributed by atoms with van der Waals surface area (Å²) in [5.41, 5.74) is 2.78. The summed E-state index contributed by atoms with van der Waals surface area (Å²) in [6.07, 6.45) is 6.73. The number of nitrogens with one attached hydrogen (secondary N) is 1. The smallest absolute Gasteiger partial charge is 0.130 e. The van der Waals surface area contributed by atoms with Gasteiger partial charge in [-0.15, -0.1) is 0 Å². The lowest BCUT2D eigenvalue weighted by molar-refractivity contribution is 0.160. The second-order valence-electron chi connectivity index (χ2n) is 6.63. The van der Waals surface area contributed by atoms with E-state index in [-0.39, 0.29) is 0 Å². The minimum absolute atomic E-state index is 0.412. The number of fused-ring (bicyclic) bond motifs is 2. The zero-order valence-electron chi connectivity index (χ0n) is 12.2. The molecule has 2 bridgehead atoms. The first-order valence-electron chi connectivity index (χ1n) is 7.38. The van der Waals surface area contributed by atoms with Crippen molar-refractivity contribution in [2.75, 3.05) is 13.6 Å². The van der Waals surface area contributed by atoms with E-state index in [1.165, 1.54) is 31.2 Å². The molecule has 1 heterocycles. The van der Waals surface area contributed by atoms with Crippen molar-refractivity contribution in [3.8, 4) is 0 Å². The molecule has 1 aromatic rings. The van der Waals surface area contributed by atoms with E-state index in [4.69, 9.17) is 11.6 Å². The Kier molecular flexibility index (Phi) is 3.38. The quantitative estimate of drug-likeness (QED) is 0.920. The van der Waals surface area contributed by atoms with E-state index in [2.05, 4.69) is 24.4 Å². The average Bonchev–Trinajstić information content (AvgIpc) is 3.01. The van der Waals surface area contributed by atoms with Gasteiger partial charge in [0.05, 0.1) is 5.69 Å². The minimum Gasteiger partial charge on any atom is -0.319 e. The number of halogens is 1. The molecule has 0 aliphatic heterocycles. The first-order valence-corrected chi connectivity index (χ1v) is 7.76. The lowest BCUT2D eigenvalue weighted by Crippen LogP contribution is -2.39. The molecule has 0 radical (unpaired) electrons. The van der Waals surface area contributed by atoms with E-state index in [1.54, 1.807) is 0 Å². The SMILES string of the molecule is CNCC1(Cc2c(C)nn(C)c2Cl)CC2CCC1C2. The van der Waals surface area contributed by atoms with Crippen molar-refractivity contribution in [1.82, 2.24) is 15.1 Å². The van der Waals surface area contributed by atoms with E-state index in [9.17, 15) is 0 Å². The molecule has 19 heavy (non-hydrogen) atoms. The van der Waals surface area contributed by atoms with Crippen molar-refractivity contribution in [1.29, 1.82) is 0 Å². The van der Waals surface area contributed by atoms with Gasteiger partial charge in [0, 0.05) is 19.2 Å². The largest absolute Gasteiger partial charge is 0.319 e. The molecule has 2 aliphatic carbocycles. The molecular weight excluding hydrogens is 258 g/mol. The summed E-state index contributed by atoms with van der Waals surface area (Å²) in [5, 5.41) is 8.73. The standard InChI is InChI=1S/C15H24ClN3/c1-10-13(14(16)19(3)18-10)8-15(9-17-2)7-11-4-5-12(15)6-11/h11-12,17H,4-9H2,1-3H3. The predicted molar refractivity (Wildman–Crippen MR) is 78.5 cm³/mol. The van der Waals surface area contributed by atoms with E-state index in [0.29, 0.717) is 5.41 Å². The number of hydrogen-bond acceptors (Lipinski definition) is 2. The average molecular weight is 282 g/mol. The fourth-order valence-corrected chi connectivity index (χ4v) is 4.87. The van der Waals surface area contributed by atoms with Crippen LogP contribution in [0.5, 0.6) is 0 Å². The third-order valence-electron chi connectivity index (χ3n) is 5.43. The van der Waals surface area contributed by atoms with Crippen LogP contribution in [0.4, 0.5) is 0 Å². The third kappa shape index (κ3) is 2.11. The first kappa shape index (κ1) is 13.4. The lowest BCUT2D eigenvalue weighted by atomic mass is 9.69. The summed E-state index contributed by atoms with van der Waals surface area (Å²) >= 11 is 6.44. The minimum atomic E-state index is 0.412. The van der Waals surface area contributed by atoms with Crippen molar-refractivity contribution in [3.05, 3.63) is 16.4 Å². The Labute approximate surface area is 120 Å². The van der Waals surface area contributed by atoms with Crippen LogP contribution in [0.2, 0.25) is 5.15 Å². The maximum Gasteiger partial charge on any atom is 0.130 e. The number of hydrogen-bond donors (Lipinski definition) is 1. The summed E-state index contributed by atoms with van der Waals surface area (Å²) in [7, 11) is 4.01. The topological polar surface area (TPSA) is 29.9 Å². The van der Waals surface area contributed by atoms with Crippen LogP contribution < -0.4 is 5.32 Å². The van der Waals surface area contributed by atoms with Gasteiger partial charge in [0.25, 0.3) is 0 Å². The fraction of sp³-hybridized carbons (Fsp3) is 0.800. The highest BCUT2D eigenvalue weighted by Crippen LogP contribution is 2.57. The molecule has 2 saturated carbocycles. The Balaban J connectivity index is 1.90. The van der Waals surface area contributed by atoms with Crippen LogP contribution in [0.15, 0.2) is 0 Å². The van der Waals surface area contributed by atoms with Crippen molar-refractivity contribution in [2.24, 2.45) is 24.3 Å². The molecular formula is C15H24ClN3. The van der Waals surface area contributed by atoms with Gasteiger partial charge in [-0.25, -0.2) is 0 Å². The van der Waals surface area contributed by atoms with Crippen LogP contribution in [-0.4, -0.2) is 23.4 Å². The molecule has 0 saturated heterocycles. The van der Waals surface area contributed by atoms with E-state index in [0.717, 1.165) is 35.6 Å². The Hall–Kier alpha value is -0.540. The van der Waals surface area contributed by atoms with Crippen LogP contribution in [0.25, 0.3) is 0 Å². The predicted octanol–water partition coefficient (Wildman–Crippen LogP) is 2.95. The van der Waals surface area contributed by atoms with Gasteiger partial charge in [0.1, 0.15) is 5.15 Å². The molecule has 0 aromatic carbocycles. The van der Waals surface area contributed by atoms with Gasteiger partial charge < -0.3 is 5.32 Å². The molecule has 3 rings (SSSR count). The van der Waals surface area contributed by atoms with Gasteiger partial charge in [-0.2, -0.15) is 5.10 Å². The van der Waals surface area contributed by atoms with E-state index < -0.39 is 0 Å². The van der Waals surface area contributed by atoms with Gasteiger partial charge in [0.15, 0.2) is 0 Å². The Morgan fingerprint density at radius 2 is 2.26 bits per heavy atom. The Bertz CT molecular complexity index is 482. The maximum absolute atomic E-state index is 6.44. The molecule has 2 aliphatic rings. The molecule has 2 fully saturated rings. The number of aromatic nitrogens is 2. The molecule has 0 spiro atoms. The number of aryl methyl sites for hydroxylation is 2. The van der Waals surface area contributed by atoms with Crippen molar-refractivity contribution in [2.45, 2.75) is 39.0 Å². The molecule has 3 nitrogen and oxygen atoms in total. The fourth-order valence-electron chi connectivity index (χ4n) is 4.63.